The van der Waals surface area contributed by atoms with E-state index in [0.717, 1.165) is 11.1 Å². The highest BCUT2D eigenvalue weighted by Crippen LogP contribution is 2.20. The van der Waals surface area contributed by atoms with E-state index in [1.807, 2.05) is 42.5 Å². The Morgan fingerprint density at radius 1 is 1.05 bits per heavy atom. The number of nitrogens with one attached hydrogen (secondary N) is 1. The summed E-state index contributed by atoms with van der Waals surface area (Å²) in [6, 6.07) is 17.4. The molecule has 0 saturated heterocycles. The number of hydrogen-bond donors (Lipinski definition) is 3. The number of benzene rings is 2. The number of nitrogens with two attached hydrogens (primary N) is 1. The van der Waals surface area contributed by atoms with E-state index in [0.29, 0.717) is 5.69 Å². The molecule has 2 aromatic carbocycles. The summed E-state index contributed by atoms with van der Waals surface area (Å²) in [7, 11) is 0. The zero-order valence-corrected chi connectivity index (χ0v) is 10.4. The SMILES string of the molecule is NCC(O)C(=O)Nc1ccc(-c2ccccc2)cc1. The quantitative estimate of drug-likeness (QED) is 0.778. The fraction of sp³-hybridized carbons (Fsp3) is 0.133. The second kappa shape index (κ2) is 6.13. The summed E-state index contributed by atoms with van der Waals surface area (Å²) in [5, 5.41) is 11.9. The molecule has 0 bridgehead atoms. The number of carbonyl (C=O) groups excluding carboxylic acids is 1. The summed E-state index contributed by atoms with van der Waals surface area (Å²) in [5.74, 6) is -0.491. The molecule has 98 valence electrons. The molecule has 0 aliphatic carbocycles. The second-order valence-corrected chi connectivity index (χ2v) is 4.18. The first-order chi connectivity index (χ1) is 9.20. The van der Waals surface area contributed by atoms with Gasteiger partial charge in [-0.25, -0.2) is 0 Å². The number of carbonyl (C=O) groups is 1. The zero-order chi connectivity index (χ0) is 13.7. The van der Waals surface area contributed by atoms with Gasteiger partial charge in [-0.05, 0) is 23.3 Å². The Bertz CT molecular complexity index is 538. The van der Waals surface area contributed by atoms with E-state index in [-0.39, 0.29) is 6.54 Å². The smallest absolute Gasteiger partial charge is 0.254 e. The molecule has 0 spiro atoms. The van der Waals surface area contributed by atoms with E-state index < -0.39 is 12.0 Å². The van der Waals surface area contributed by atoms with Crippen molar-refractivity contribution in [2.75, 3.05) is 11.9 Å². The van der Waals surface area contributed by atoms with Crippen LogP contribution in [0, 0.1) is 0 Å². The van der Waals surface area contributed by atoms with Gasteiger partial charge in [-0.1, -0.05) is 42.5 Å². The molecule has 1 atom stereocenters. The van der Waals surface area contributed by atoms with Crippen molar-refractivity contribution < 1.29 is 9.90 Å². The maximum absolute atomic E-state index is 11.5. The third kappa shape index (κ3) is 3.40. The van der Waals surface area contributed by atoms with Gasteiger partial charge in [-0.2, -0.15) is 0 Å². The van der Waals surface area contributed by atoms with Gasteiger partial charge in [0.15, 0.2) is 0 Å². The first-order valence-electron chi connectivity index (χ1n) is 6.05. The fourth-order valence-electron chi connectivity index (χ4n) is 1.71. The van der Waals surface area contributed by atoms with Crippen LogP contribution in [0.3, 0.4) is 0 Å². The van der Waals surface area contributed by atoms with Gasteiger partial charge in [0.2, 0.25) is 0 Å². The molecule has 0 aliphatic rings. The van der Waals surface area contributed by atoms with Crippen molar-refractivity contribution in [1.29, 1.82) is 0 Å². The Balaban J connectivity index is 2.09. The molecular weight excluding hydrogens is 240 g/mol. The largest absolute Gasteiger partial charge is 0.382 e. The van der Waals surface area contributed by atoms with Gasteiger partial charge < -0.3 is 16.2 Å². The molecule has 1 amide bonds. The minimum Gasteiger partial charge on any atom is -0.382 e. The van der Waals surface area contributed by atoms with Crippen molar-refractivity contribution in [3.63, 3.8) is 0 Å². The molecule has 0 aliphatic heterocycles. The maximum atomic E-state index is 11.5. The van der Waals surface area contributed by atoms with Crippen molar-refractivity contribution in [1.82, 2.24) is 0 Å². The summed E-state index contributed by atoms with van der Waals surface area (Å²) in [6.07, 6.45) is -1.17. The maximum Gasteiger partial charge on any atom is 0.254 e. The monoisotopic (exact) mass is 256 g/mol. The number of aliphatic hydroxyl groups is 1. The third-order valence-corrected chi connectivity index (χ3v) is 2.79. The second-order valence-electron chi connectivity index (χ2n) is 4.18. The molecule has 0 aromatic heterocycles. The summed E-state index contributed by atoms with van der Waals surface area (Å²) in [6.45, 7) is -0.0894. The van der Waals surface area contributed by atoms with Crippen molar-refractivity contribution in [3.8, 4) is 11.1 Å². The first kappa shape index (κ1) is 13.3. The van der Waals surface area contributed by atoms with Gasteiger partial charge in [-0.3, -0.25) is 4.79 Å². The molecular formula is C15H16N2O2. The number of aliphatic hydroxyl groups excluding tert-OH is 1. The van der Waals surface area contributed by atoms with Gasteiger partial charge >= 0.3 is 0 Å². The van der Waals surface area contributed by atoms with Gasteiger partial charge in [0, 0.05) is 12.2 Å². The number of hydrogen-bond acceptors (Lipinski definition) is 3. The van der Waals surface area contributed by atoms with E-state index in [2.05, 4.69) is 5.32 Å². The lowest BCUT2D eigenvalue weighted by atomic mass is 10.1. The Hall–Kier alpha value is -2.17. The molecule has 4 N–H and O–H groups in total. The van der Waals surface area contributed by atoms with Crippen LogP contribution in [-0.4, -0.2) is 23.7 Å². The van der Waals surface area contributed by atoms with Gasteiger partial charge in [0.25, 0.3) is 5.91 Å². The lowest BCUT2D eigenvalue weighted by Gasteiger charge is -2.09. The molecule has 0 heterocycles. The summed E-state index contributed by atoms with van der Waals surface area (Å²) < 4.78 is 0. The van der Waals surface area contributed by atoms with Crippen molar-refractivity contribution >= 4 is 11.6 Å². The van der Waals surface area contributed by atoms with E-state index in [1.54, 1.807) is 12.1 Å². The van der Waals surface area contributed by atoms with E-state index in [1.165, 1.54) is 0 Å². The zero-order valence-electron chi connectivity index (χ0n) is 10.4. The van der Waals surface area contributed by atoms with Crippen LogP contribution in [-0.2, 0) is 4.79 Å². The molecule has 4 nitrogen and oxygen atoms in total. The van der Waals surface area contributed by atoms with Crippen LogP contribution in [0.4, 0.5) is 5.69 Å². The molecule has 2 rings (SSSR count). The summed E-state index contributed by atoms with van der Waals surface area (Å²) >= 11 is 0. The fourth-order valence-corrected chi connectivity index (χ4v) is 1.71. The molecule has 0 radical (unpaired) electrons. The molecule has 19 heavy (non-hydrogen) atoms. The number of anilines is 1. The number of amides is 1. The third-order valence-electron chi connectivity index (χ3n) is 2.79. The predicted octanol–water partition coefficient (Wildman–Crippen LogP) is 1.61. The van der Waals surface area contributed by atoms with Crippen molar-refractivity contribution in [2.45, 2.75) is 6.10 Å². The Morgan fingerprint density at radius 2 is 1.63 bits per heavy atom. The minimum atomic E-state index is -1.17. The average Bonchev–Trinajstić information content (AvgIpc) is 2.48. The van der Waals surface area contributed by atoms with Crippen LogP contribution in [0.5, 0.6) is 0 Å². The van der Waals surface area contributed by atoms with Gasteiger partial charge in [-0.15, -0.1) is 0 Å². The lowest BCUT2D eigenvalue weighted by molar-refractivity contribution is -0.123. The van der Waals surface area contributed by atoms with E-state index >= 15 is 0 Å². The van der Waals surface area contributed by atoms with Crippen molar-refractivity contribution in [3.05, 3.63) is 54.6 Å². The van der Waals surface area contributed by atoms with Crippen LogP contribution >= 0.6 is 0 Å². The highest BCUT2D eigenvalue weighted by molar-refractivity contribution is 5.94. The Labute approximate surface area is 111 Å². The Kier molecular flexibility index (Phi) is 4.28. The minimum absolute atomic E-state index is 0.0894. The van der Waals surface area contributed by atoms with Crippen LogP contribution in [0.2, 0.25) is 0 Å². The van der Waals surface area contributed by atoms with Crippen LogP contribution in [0.25, 0.3) is 11.1 Å². The first-order valence-corrected chi connectivity index (χ1v) is 6.05. The van der Waals surface area contributed by atoms with Gasteiger partial charge in [0.05, 0.1) is 0 Å². The molecule has 1 unspecified atom stereocenters. The highest BCUT2D eigenvalue weighted by Gasteiger charge is 2.12. The standard InChI is InChI=1S/C15H16N2O2/c16-10-14(18)15(19)17-13-8-6-12(7-9-13)11-4-2-1-3-5-11/h1-9,14,18H,10,16H2,(H,17,19). The van der Waals surface area contributed by atoms with Gasteiger partial charge in [0.1, 0.15) is 6.10 Å². The average molecular weight is 256 g/mol. The summed E-state index contributed by atoms with van der Waals surface area (Å²) in [5.41, 5.74) is 8.03. The Morgan fingerprint density at radius 3 is 2.21 bits per heavy atom. The van der Waals surface area contributed by atoms with E-state index in [9.17, 15) is 9.90 Å². The lowest BCUT2D eigenvalue weighted by Crippen LogP contribution is -2.34. The topological polar surface area (TPSA) is 75.3 Å². The number of rotatable bonds is 4. The molecule has 0 saturated carbocycles. The summed E-state index contributed by atoms with van der Waals surface area (Å²) in [4.78, 5) is 11.5. The van der Waals surface area contributed by atoms with Crippen molar-refractivity contribution in [2.24, 2.45) is 5.73 Å². The highest BCUT2D eigenvalue weighted by atomic mass is 16.3. The van der Waals surface area contributed by atoms with Crippen LogP contribution < -0.4 is 11.1 Å². The van der Waals surface area contributed by atoms with Crippen LogP contribution in [0.1, 0.15) is 0 Å². The van der Waals surface area contributed by atoms with Crippen LogP contribution in [0.15, 0.2) is 54.6 Å². The molecule has 0 fully saturated rings. The molecule has 2 aromatic rings. The molecule has 4 heteroatoms. The van der Waals surface area contributed by atoms with E-state index in [4.69, 9.17) is 5.73 Å². The normalized spacial score (nSPS) is 11.9. The predicted molar refractivity (Wildman–Crippen MR) is 75.6 cm³/mol.